The van der Waals surface area contributed by atoms with Crippen LogP contribution in [-0.2, 0) is 20.7 Å². The molecule has 104 valence electrons. The number of hydrogen-bond acceptors (Lipinski definition) is 4. The van der Waals surface area contributed by atoms with Crippen molar-refractivity contribution < 1.29 is 19.1 Å². The summed E-state index contributed by atoms with van der Waals surface area (Å²) in [5, 5.41) is 2.49. The molecule has 0 spiro atoms. The third-order valence-electron chi connectivity index (χ3n) is 2.51. The van der Waals surface area contributed by atoms with Gasteiger partial charge in [0.1, 0.15) is 12.3 Å². The van der Waals surface area contributed by atoms with Crippen LogP contribution in [0.25, 0.3) is 0 Å². The fourth-order valence-corrected chi connectivity index (χ4v) is 2.04. The third-order valence-corrected chi connectivity index (χ3v) is 3.13. The predicted molar refractivity (Wildman–Crippen MR) is 74.0 cm³/mol. The van der Waals surface area contributed by atoms with Crippen LogP contribution in [0.1, 0.15) is 12.0 Å². The second-order valence-corrected chi connectivity index (χ2v) is 4.68. The summed E-state index contributed by atoms with van der Waals surface area (Å²) in [7, 11) is 2.88. The van der Waals surface area contributed by atoms with Gasteiger partial charge in [-0.1, -0.05) is 6.07 Å². The van der Waals surface area contributed by atoms with Crippen LogP contribution in [0.15, 0.2) is 22.7 Å². The summed E-state index contributed by atoms with van der Waals surface area (Å²) in [6, 6.07) is 5.65. The van der Waals surface area contributed by atoms with Crippen LogP contribution >= 0.6 is 15.9 Å². The highest BCUT2D eigenvalue weighted by atomic mass is 79.9. The number of halogens is 1. The Kier molecular flexibility index (Phi) is 6.35. The van der Waals surface area contributed by atoms with E-state index in [2.05, 4.69) is 26.0 Å². The van der Waals surface area contributed by atoms with Gasteiger partial charge >= 0.3 is 5.97 Å². The van der Waals surface area contributed by atoms with E-state index in [-0.39, 0.29) is 12.5 Å². The van der Waals surface area contributed by atoms with Crippen LogP contribution in [0.5, 0.6) is 5.75 Å². The first kappa shape index (κ1) is 15.5. The fraction of sp³-hybridized carbons (Fsp3) is 0.385. The molecule has 0 aliphatic rings. The van der Waals surface area contributed by atoms with Gasteiger partial charge in [0.05, 0.1) is 18.7 Å². The minimum absolute atomic E-state index is 0.0956. The van der Waals surface area contributed by atoms with E-state index in [1.54, 1.807) is 7.11 Å². The highest BCUT2D eigenvalue weighted by molar-refractivity contribution is 9.10. The number of carbonyl (C=O) groups excluding carboxylic acids is 2. The molecule has 5 nitrogen and oxygen atoms in total. The van der Waals surface area contributed by atoms with Crippen molar-refractivity contribution in [2.75, 3.05) is 20.8 Å². The Morgan fingerprint density at radius 2 is 2.05 bits per heavy atom. The third kappa shape index (κ3) is 5.30. The Balaban J connectivity index is 2.42. The number of nitrogens with one attached hydrogen (secondary N) is 1. The van der Waals surface area contributed by atoms with E-state index < -0.39 is 5.97 Å². The summed E-state index contributed by atoms with van der Waals surface area (Å²) in [6.45, 7) is -0.0956. The van der Waals surface area contributed by atoms with Gasteiger partial charge in [-0.25, -0.2) is 0 Å². The molecule has 19 heavy (non-hydrogen) atoms. The highest BCUT2D eigenvalue weighted by Gasteiger charge is 2.07. The van der Waals surface area contributed by atoms with Crippen molar-refractivity contribution in [3.05, 3.63) is 28.2 Å². The lowest BCUT2D eigenvalue weighted by Gasteiger charge is -2.07. The zero-order valence-corrected chi connectivity index (χ0v) is 12.5. The van der Waals surface area contributed by atoms with Gasteiger partial charge in [0.25, 0.3) is 0 Å². The smallest absolute Gasteiger partial charge is 0.325 e. The second-order valence-electron chi connectivity index (χ2n) is 3.82. The molecule has 6 heteroatoms. The lowest BCUT2D eigenvalue weighted by Crippen LogP contribution is -2.30. The molecular formula is C13H16BrNO4. The number of hydrogen-bond donors (Lipinski definition) is 1. The average molecular weight is 330 g/mol. The van der Waals surface area contributed by atoms with E-state index in [0.717, 1.165) is 15.8 Å². The Bertz CT molecular complexity index is 462. The molecule has 0 unspecified atom stereocenters. The zero-order valence-electron chi connectivity index (χ0n) is 10.9. The minimum Gasteiger partial charge on any atom is -0.496 e. The largest absolute Gasteiger partial charge is 0.496 e. The number of benzene rings is 1. The summed E-state index contributed by atoms with van der Waals surface area (Å²) < 4.78 is 10.4. The molecule has 0 aromatic heterocycles. The number of carbonyl (C=O) groups is 2. The Labute approximate surface area is 120 Å². The maximum absolute atomic E-state index is 11.5. The van der Waals surface area contributed by atoms with Crippen LogP contribution in [-0.4, -0.2) is 32.6 Å². The normalized spacial score (nSPS) is 9.84. The molecule has 0 saturated heterocycles. The van der Waals surface area contributed by atoms with Gasteiger partial charge in [-0.05, 0) is 40.0 Å². The van der Waals surface area contributed by atoms with Gasteiger partial charge in [0, 0.05) is 6.42 Å². The van der Waals surface area contributed by atoms with Gasteiger partial charge < -0.3 is 14.8 Å². The fourth-order valence-electron chi connectivity index (χ4n) is 1.45. The number of ether oxygens (including phenoxy) is 2. The van der Waals surface area contributed by atoms with Crippen molar-refractivity contribution >= 4 is 27.8 Å². The second kappa shape index (κ2) is 7.78. The van der Waals surface area contributed by atoms with Crippen molar-refractivity contribution in [1.82, 2.24) is 5.32 Å². The monoisotopic (exact) mass is 329 g/mol. The topological polar surface area (TPSA) is 64.6 Å². The van der Waals surface area contributed by atoms with E-state index >= 15 is 0 Å². The molecule has 0 fully saturated rings. The summed E-state index contributed by atoms with van der Waals surface area (Å²) in [5.41, 5.74) is 1.01. The summed E-state index contributed by atoms with van der Waals surface area (Å²) >= 11 is 3.39. The number of methoxy groups -OCH3 is 2. The van der Waals surface area contributed by atoms with Gasteiger partial charge in [-0.2, -0.15) is 0 Å². The predicted octanol–water partition coefficient (Wildman–Crippen LogP) is 1.68. The van der Waals surface area contributed by atoms with Crippen LogP contribution in [0, 0.1) is 0 Å². The number of esters is 1. The molecule has 0 atom stereocenters. The Hall–Kier alpha value is -1.56. The van der Waals surface area contributed by atoms with Crippen molar-refractivity contribution in [2.45, 2.75) is 12.8 Å². The summed E-state index contributed by atoms with van der Waals surface area (Å²) in [5.74, 6) is 0.108. The summed E-state index contributed by atoms with van der Waals surface area (Å²) in [6.07, 6.45) is 0.908. The lowest BCUT2D eigenvalue weighted by molar-refractivity contribution is -0.141. The summed E-state index contributed by atoms with van der Waals surface area (Å²) in [4.78, 5) is 22.3. The molecule has 1 N–H and O–H groups in total. The molecule has 0 heterocycles. The molecule has 0 bridgehead atoms. The molecule has 1 aromatic carbocycles. The first-order valence-electron chi connectivity index (χ1n) is 5.72. The average Bonchev–Trinajstić information content (AvgIpc) is 2.42. The quantitative estimate of drug-likeness (QED) is 0.806. The van der Waals surface area contributed by atoms with Crippen LogP contribution in [0.4, 0.5) is 0 Å². The van der Waals surface area contributed by atoms with Crippen molar-refractivity contribution in [1.29, 1.82) is 0 Å². The number of rotatable bonds is 6. The van der Waals surface area contributed by atoms with E-state index in [0.29, 0.717) is 12.8 Å². The maximum Gasteiger partial charge on any atom is 0.325 e. The SMILES string of the molecule is COC(=O)CNC(=O)CCc1ccc(OC)c(Br)c1. The van der Waals surface area contributed by atoms with Crippen molar-refractivity contribution in [3.63, 3.8) is 0 Å². The van der Waals surface area contributed by atoms with Crippen LogP contribution in [0.3, 0.4) is 0 Å². The number of aryl methyl sites for hydroxylation is 1. The molecule has 1 rings (SSSR count). The van der Waals surface area contributed by atoms with Gasteiger partial charge in [-0.15, -0.1) is 0 Å². The van der Waals surface area contributed by atoms with E-state index in [9.17, 15) is 9.59 Å². The van der Waals surface area contributed by atoms with Crippen LogP contribution < -0.4 is 10.1 Å². The van der Waals surface area contributed by atoms with Gasteiger partial charge in [-0.3, -0.25) is 9.59 Å². The maximum atomic E-state index is 11.5. The molecule has 1 amide bonds. The molecule has 0 aliphatic heterocycles. The van der Waals surface area contributed by atoms with Gasteiger partial charge in [0.15, 0.2) is 0 Å². The standard InChI is InChI=1S/C13H16BrNO4/c1-18-11-5-3-9(7-10(11)14)4-6-12(16)15-8-13(17)19-2/h3,5,7H,4,6,8H2,1-2H3,(H,15,16). The minimum atomic E-state index is -0.458. The molecule has 0 aliphatic carbocycles. The zero-order chi connectivity index (χ0) is 14.3. The lowest BCUT2D eigenvalue weighted by atomic mass is 10.1. The highest BCUT2D eigenvalue weighted by Crippen LogP contribution is 2.25. The Morgan fingerprint density at radius 3 is 2.63 bits per heavy atom. The number of amides is 1. The van der Waals surface area contributed by atoms with Crippen molar-refractivity contribution in [2.24, 2.45) is 0 Å². The van der Waals surface area contributed by atoms with E-state index in [1.165, 1.54) is 7.11 Å². The van der Waals surface area contributed by atoms with E-state index in [4.69, 9.17) is 4.74 Å². The molecule has 0 radical (unpaired) electrons. The van der Waals surface area contributed by atoms with Gasteiger partial charge in [0.2, 0.25) is 5.91 Å². The first-order chi connectivity index (χ1) is 9.06. The first-order valence-corrected chi connectivity index (χ1v) is 6.52. The Morgan fingerprint density at radius 1 is 1.32 bits per heavy atom. The van der Waals surface area contributed by atoms with Crippen molar-refractivity contribution in [3.8, 4) is 5.75 Å². The molecule has 1 aromatic rings. The molecular weight excluding hydrogens is 314 g/mol. The van der Waals surface area contributed by atoms with Crippen LogP contribution in [0.2, 0.25) is 0 Å². The van der Waals surface area contributed by atoms with E-state index in [1.807, 2.05) is 18.2 Å². The molecule has 0 saturated carbocycles.